The second-order valence-electron chi connectivity index (χ2n) is 5.00. The van der Waals surface area contributed by atoms with E-state index in [9.17, 15) is 4.79 Å². The Labute approximate surface area is 125 Å². The minimum Gasteiger partial charge on any atom is -0.382 e. The van der Waals surface area contributed by atoms with Crippen molar-refractivity contribution in [1.82, 2.24) is 19.3 Å². The third-order valence-corrected chi connectivity index (χ3v) is 4.45. The standard InChI is InChI=1S/C13H16BrN5O/c1-18-13(20)11(14)10(8-17-18)16-7-9-3-2-5-19-6-4-15-12(9)19/h4,6,8-9,16H,2-3,5,7H2,1H3. The van der Waals surface area contributed by atoms with Crippen LogP contribution in [0.25, 0.3) is 0 Å². The number of halogens is 1. The molecule has 0 bridgehead atoms. The average Bonchev–Trinajstić information content (AvgIpc) is 2.93. The van der Waals surface area contributed by atoms with Crippen molar-refractivity contribution in [2.24, 2.45) is 7.05 Å². The molecular weight excluding hydrogens is 322 g/mol. The van der Waals surface area contributed by atoms with E-state index < -0.39 is 0 Å². The minimum absolute atomic E-state index is 0.139. The Morgan fingerprint density at radius 2 is 2.40 bits per heavy atom. The van der Waals surface area contributed by atoms with Crippen molar-refractivity contribution in [1.29, 1.82) is 0 Å². The van der Waals surface area contributed by atoms with E-state index in [1.807, 2.05) is 12.4 Å². The molecule has 1 N–H and O–H groups in total. The molecule has 6 nitrogen and oxygen atoms in total. The first-order chi connectivity index (χ1) is 9.66. The summed E-state index contributed by atoms with van der Waals surface area (Å²) in [5.74, 6) is 1.49. The Balaban J connectivity index is 1.76. The highest BCUT2D eigenvalue weighted by atomic mass is 79.9. The predicted molar refractivity (Wildman–Crippen MR) is 79.9 cm³/mol. The van der Waals surface area contributed by atoms with Gasteiger partial charge in [-0.25, -0.2) is 9.67 Å². The lowest BCUT2D eigenvalue weighted by Gasteiger charge is -2.24. The lowest BCUT2D eigenvalue weighted by Crippen LogP contribution is -2.24. The summed E-state index contributed by atoms with van der Waals surface area (Å²) in [5, 5.41) is 7.33. The fourth-order valence-electron chi connectivity index (χ4n) is 2.57. The van der Waals surface area contributed by atoms with E-state index in [0.29, 0.717) is 10.4 Å². The zero-order chi connectivity index (χ0) is 14.1. The van der Waals surface area contributed by atoms with Crippen LogP contribution >= 0.6 is 15.9 Å². The third kappa shape index (κ3) is 2.37. The molecule has 1 aliphatic rings. The number of hydrogen-bond donors (Lipinski definition) is 1. The first-order valence-corrected chi connectivity index (χ1v) is 7.43. The van der Waals surface area contributed by atoms with Gasteiger partial charge < -0.3 is 9.88 Å². The molecular formula is C13H16BrN5O. The normalized spacial score (nSPS) is 17.8. The molecule has 0 saturated heterocycles. The fourth-order valence-corrected chi connectivity index (χ4v) is 3.07. The average molecular weight is 338 g/mol. The maximum absolute atomic E-state index is 11.8. The molecule has 3 rings (SSSR count). The number of rotatable bonds is 3. The molecule has 0 aliphatic carbocycles. The van der Waals surface area contributed by atoms with Crippen LogP contribution in [0.1, 0.15) is 24.6 Å². The zero-order valence-electron chi connectivity index (χ0n) is 11.2. The van der Waals surface area contributed by atoms with Crippen LogP contribution in [-0.2, 0) is 13.6 Å². The fraction of sp³-hybridized carbons (Fsp3) is 0.462. The van der Waals surface area contributed by atoms with Crippen LogP contribution in [0.4, 0.5) is 5.69 Å². The lowest BCUT2D eigenvalue weighted by atomic mass is 9.99. The number of aromatic nitrogens is 4. The van der Waals surface area contributed by atoms with E-state index in [1.54, 1.807) is 13.2 Å². The predicted octanol–water partition coefficient (Wildman–Crippen LogP) is 1.73. The molecule has 0 aromatic carbocycles. The van der Waals surface area contributed by atoms with Crippen molar-refractivity contribution in [2.75, 3.05) is 11.9 Å². The van der Waals surface area contributed by atoms with Gasteiger partial charge >= 0.3 is 0 Å². The first-order valence-electron chi connectivity index (χ1n) is 6.63. The quantitative estimate of drug-likeness (QED) is 0.926. The van der Waals surface area contributed by atoms with Gasteiger partial charge in [-0.15, -0.1) is 0 Å². The van der Waals surface area contributed by atoms with Crippen LogP contribution in [0, 0.1) is 0 Å². The monoisotopic (exact) mass is 337 g/mol. The Hall–Kier alpha value is -1.63. The molecule has 1 unspecified atom stereocenters. The highest BCUT2D eigenvalue weighted by molar-refractivity contribution is 9.10. The molecule has 7 heteroatoms. The van der Waals surface area contributed by atoms with Gasteiger partial charge in [0.05, 0.1) is 11.9 Å². The third-order valence-electron chi connectivity index (χ3n) is 3.68. The first kappa shape index (κ1) is 13.4. The Morgan fingerprint density at radius 1 is 1.55 bits per heavy atom. The second-order valence-corrected chi connectivity index (χ2v) is 5.79. The number of imidazole rings is 1. The van der Waals surface area contributed by atoms with Gasteiger partial charge in [0.25, 0.3) is 5.56 Å². The number of hydrogen-bond acceptors (Lipinski definition) is 4. The van der Waals surface area contributed by atoms with Crippen LogP contribution in [-0.4, -0.2) is 25.9 Å². The molecule has 0 spiro atoms. The number of nitrogens with one attached hydrogen (secondary N) is 1. The Morgan fingerprint density at radius 3 is 3.25 bits per heavy atom. The summed E-state index contributed by atoms with van der Waals surface area (Å²) in [6.07, 6.45) is 7.81. The van der Waals surface area contributed by atoms with Gasteiger partial charge in [-0.05, 0) is 28.8 Å². The molecule has 1 aliphatic heterocycles. The van der Waals surface area contributed by atoms with Crippen molar-refractivity contribution in [3.63, 3.8) is 0 Å². The largest absolute Gasteiger partial charge is 0.382 e. The van der Waals surface area contributed by atoms with Gasteiger partial charge in [-0.1, -0.05) is 0 Å². The van der Waals surface area contributed by atoms with Gasteiger partial charge in [0.1, 0.15) is 10.3 Å². The highest BCUT2D eigenvalue weighted by Gasteiger charge is 2.21. The molecule has 20 heavy (non-hydrogen) atoms. The van der Waals surface area contributed by atoms with Crippen LogP contribution in [0.3, 0.4) is 0 Å². The summed E-state index contributed by atoms with van der Waals surface area (Å²) in [7, 11) is 1.63. The minimum atomic E-state index is -0.139. The Bertz CT molecular complexity index is 678. The van der Waals surface area contributed by atoms with Crippen molar-refractivity contribution in [2.45, 2.75) is 25.3 Å². The van der Waals surface area contributed by atoms with Crippen LogP contribution in [0.15, 0.2) is 27.9 Å². The van der Waals surface area contributed by atoms with E-state index >= 15 is 0 Å². The van der Waals surface area contributed by atoms with Crippen LogP contribution in [0.2, 0.25) is 0 Å². The van der Waals surface area contributed by atoms with Gasteiger partial charge in [-0.2, -0.15) is 5.10 Å². The van der Waals surface area contributed by atoms with E-state index in [-0.39, 0.29) is 5.56 Å². The number of nitrogens with zero attached hydrogens (tertiary/aromatic N) is 4. The van der Waals surface area contributed by atoms with E-state index in [2.05, 4.69) is 35.9 Å². The lowest BCUT2D eigenvalue weighted by molar-refractivity contribution is 0.454. The van der Waals surface area contributed by atoms with Crippen LogP contribution < -0.4 is 10.9 Å². The number of fused-ring (bicyclic) bond motifs is 1. The summed E-state index contributed by atoms with van der Waals surface area (Å²) in [4.78, 5) is 16.2. The summed E-state index contributed by atoms with van der Waals surface area (Å²) in [5.41, 5.74) is 0.594. The molecule has 0 amide bonds. The molecule has 2 aromatic heterocycles. The van der Waals surface area contributed by atoms with E-state index in [1.165, 1.54) is 4.68 Å². The summed E-state index contributed by atoms with van der Waals surface area (Å²) in [6, 6.07) is 0. The van der Waals surface area contributed by atoms with Crippen molar-refractivity contribution < 1.29 is 0 Å². The summed E-state index contributed by atoms with van der Waals surface area (Å²) >= 11 is 3.32. The zero-order valence-corrected chi connectivity index (χ0v) is 12.8. The molecule has 0 saturated carbocycles. The highest BCUT2D eigenvalue weighted by Crippen LogP contribution is 2.26. The van der Waals surface area contributed by atoms with E-state index in [4.69, 9.17) is 0 Å². The molecule has 3 heterocycles. The number of anilines is 1. The smallest absolute Gasteiger partial charge is 0.282 e. The summed E-state index contributed by atoms with van der Waals surface area (Å²) in [6.45, 7) is 1.80. The molecule has 1 atom stereocenters. The van der Waals surface area contributed by atoms with Gasteiger partial charge in [0.15, 0.2) is 0 Å². The Kier molecular flexibility index (Phi) is 3.60. The van der Waals surface area contributed by atoms with Gasteiger partial charge in [-0.3, -0.25) is 4.79 Å². The molecule has 0 fully saturated rings. The van der Waals surface area contributed by atoms with Gasteiger partial charge in [0.2, 0.25) is 0 Å². The topological polar surface area (TPSA) is 64.7 Å². The van der Waals surface area contributed by atoms with Crippen molar-refractivity contribution >= 4 is 21.6 Å². The maximum atomic E-state index is 11.8. The number of aryl methyl sites for hydroxylation is 2. The van der Waals surface area contributed by atoms with Crippen molar-refractivity contribution in [3.8, 4) is 0 Å². The van der Waals surface area contributed by atoms with Crippen molar-refractivity contribution in [3.05, 3.63) is 39.2 Å². The molecule has 2 aromatic rings. The SMILES string of the molecule is Cn1ncc(NCC2CCCn3ccnc32)c(Br)c1=O. The summed E-state index contributed by atoms with van der Waals surface area (Å²) < 4.78 is 4.03. The van der Waals surface area contributed by atoms with Gasteiger partial charge in [0, 0.05) is 38.4 Å². The maximum Gasteiger partial charge on any atom is 0.282 e. The molecule has 106 valence electrons. The second kappa shape index (κ2) is 5.40. The van der Waals surface area contributed by atoms with Crippen LogP contribution in [0.5, 0.6) is 0 Å². The van der Waals surface area contributed by atoms with E-state index in [0.717, 1.165) is 37.4 Å². The molecule has 0 radical (unpaired) electrons.